The summed E-state index contributed by atoms with van der Waals surface area (Å²) in [6.07, 6.45) is 8.60. The fraction of sp³-hybridized carbons (Fsp3) is 0.889. The number of ether oxygens (including phenoxy) is 1. The Morgan fingerprint density at radius 3 is 2.40 bits per heavy atom. The predicted molar refractivity (Wildman–Crippen MR) is 101 cm³/mol. The Kier molecular flexibility index (Phi) is 10.4. The molecular weight excluding hydrogens is 342 g/mol. The van der Waals surface area contributed by atoms with Gasteiger partial charge in [-0.05, 0) is 44.7 Å². The summed E-state index contributed by atoms with van der Waals surface area (Å²) in [5.41, 5.74) is 0.0156. The summed E-state index contributed by atoms with van der Waals surface area (Å²) in [5.74, 6) is 0.396. The second kappa shape index (κ2) is 11.7. The van der Waals surface area contributed by atoms with Crippen LogP contribution in [0.3, 0.4) is 0 Å². The first-order valence-electron chi connectivity index (χ1n) is 9.37. The average Bonchev–Trinajstić information content (AvgIpc) is 2.60. The zero-order chi connectivity index (χ0) is 17.3. The van der Waals surface area contributed by atoms with Gasteiger partial charge in [-0.1, -0.05) is 19.3 Å². The first-order chi connectivity index (χ1) is 11.6. The van der Waals surface area contributed by atoms with Crippen LogP contribution in [0.4, 0.5) is 0 Å². The maximum absolute atomic E-state index is 12.0. The van der Waals surface area contributed by atoms with Crippen LogP contribution in [0.5, 0.6) is 0 Å². The topological polar surface area (TPSA) is 79.5 Å². The number of halogens is 1. The number of nitrogens with one attached hydrogen (secondary N) is 3. The van der Waals surface area contributed by atoms with Gasteiger partial charge >= 0.3 is 0 Å². The van der Waals surface area contributed by atoms with Crippen LogP contribution < -0.4 is 16.0 Å². The molecule has 1 heterocycles. The Hall–Kier alpha value is -0.850. The van der Waals surface area contributed by atoms with Gasteiger partial charge in [0.1, 0.15) is 0 Å². The fourth-order valence-corrected chi connectivity index (χ4v) is 3.89. The Bertz CT molecular complexity index is 403. The minimum Gasteiger partial charge on any atom is -0.384 e. The molecule has 7 heteroatoms. The second-order valence-electron chi connectivity index (χ2n) is 7.44. The number of amides is 2. The monoisotopic (exact) mass is 375 g/mol. The van der Waals surface area contributed by atoms with Gasteiger partial charge in [0.25, 0.3) is 0 Å². The summed E-state index contributed by atoms with van der Waals surface area (Å²) in [5, 5.41) is 9.08. The molecule has 0 atom stereocenters. The van der Waals surface area contributed by atoms with Crippen molar-refractivity contribution in [2.75, 3.05) is 39.9 Å². The minimum atomic E-state index is -0.110. The summed E-state index contributed by atoms with van der Waals surface area (Å²) in [6, 6.07) is 0. The van der Waals surface area contributed by atoms with Crippen LogP contribution in [0, 0.1) is 11.3 Å². The van der Waals surface area contributed by atoms with Crippen molar-refractivity contribution in [2.45, 2.75) is 51.4 Å². The molecule has 0 bridgehead atoms. The lowest BCUT2D eigenvalue weighted by atomic mass is 9.79. The first-order valence-corrected chi connectivity index (χ1v) is 9.37. The molecule has 1 saturated carbocycles. The van der Waals surface area contributed by atoms with Gasteiger partial charge in [0.05, 0.1) is 13.2 Å². The molecule has 0 aromatic carbocycles. The summed E-state index contributed by atoms with van der Waals surface area (Å²) < 4.78 is 5.35. The number of hydrogen-bond donors (Lipinski definition) is 3. The molecule has 0 unspecified atom stereocenters. The molecule has 25 heavy (non-hydrogen) atoms. The van der Waals surface area contributed by atoms with Crippen molar-refractivity contribution in [2.24, 2.45) is 11.3 Å². The summed E-state index contributed by atoms with van der Waals surface area (Å²) in [7, 11) is 1.71. The van der Waals surface area contributed by atoms with E-state index in [0.717, 1.165) is 38.8 Å². The molecule has 2 fully saturated rings. The molecule has 0 aromatic heterocycles. The molecule has 1 aliphatic carbocycles. The highest BCUT2D eigenvalue weighted by atomic mass is 35.5. The summed E-state index contributed by atoms with van der Waals surface area (Å²) in [6.45, 7) is 3.25. The Morgan fingerprint density at radius 2 is 1.76 bits per heavy atom. The number of rotatable bonds is 8. The molecule has 0 radical (unpaired) electrons. The number of piperidine rings is 1. The van der Waals surface area contributed by atoms with Gasteiger partial charge in [0.2, 0.25) is 11.8 Å². The van der Waals surface area contributed by atoms with E-state index in [0.29, 0.717) is 25.5 Å². The molecule has 3 N–H and O–H groups in total. The predicted octanol–water partition coefficient (Wildman–Crippen LogP) is 1.63. The lowest BCUT2D eigenvalue weighted by Crippen LogP contribution is -2.48. The van der Waals surface area contributed by atoms with E-state index in [1.807, 2.05) is 0 Å². The molecule has 2 rings (SSSR count). The van der Waals surface area contributed by atoms with Crippen LogP contribution in [0.1, 0.15) is 51.4 Å². The molecule has 2 aliphatic rings. The van der Waals surface area contributed by atoms with E-state index in [1.54, 1.807) is 7.11 Å². The largest absolute Gasteiger partial charge is 0.384 e. The van der Waals surface area contributed by atoms with Crippen LogP contribution in [-0.2, 0) is 14.3 Å². The molecular formula is C18H34ClN3O3. The first kappa shape index (κ1) is 22.2. The molecule has 0 spiro atoms. The molecule has 146 valence electrons. The van der Waals surface area contributed by atoms with Gasteiger partial charge in [0.15, 0.2) is 0 Å². The third-order valence-corrected chi connectivity index (χ3v) is 5.42. The number of methoxy groups -OCH3 is 1. The smallest absolute Gasteiger partial charge is 0.239 e. The van der Waals surface area contributed by atoms with Gasteiger partial charge in [-0.3, -0.25) is 9.59 Å². The number of carbonyl (C=O) groups excluding carboxylic acids is 2. The lowest BCUT2D eigenvalue weighted by Gasteiger charge is -2.37. The summed E-state index contributed by atoms with van der Waals surface area (Å²) in [4.78, 5) is 24.0. The lowest BCUT2D eigenvalue weighted by molar-refractivity contribution is -0.127. The van der Waals surface area contributed by atoms with Crippen LogP contribution in [-0.4, -0.2) is 51.7 Å². The van der Waals surface area contributed by atoms with E-state index in [4.69, 9.17) is 4.74 Å². The molecule has 2 amide bonds. The standard InChI is InChI=1S/C18H33N3O3.ClH/c1-24-14-18(7-9-19-10-8-18)13-21-17(23)12-20-16(22)11-15-5-3-2-4-6-15;/h15,19H,2-14H2,1H3,(H,20,22)(H,21,23);1H. The van der Waals surface area contributed by atoms with E-state index in [2.05, 4.69) is 16.0 Å². The Morgan fingerprint density at radius 1 is 1.08 bits per heavy atom. The highest BCUT2D eigenvalue weighted by Gasteiger charge is 2.32. The van der Waals surface area contributed by atoms with E-state index in [1.165, 1.54) is 19.3 Å². The third-order valence-electron chi connectivity index (χ3n) is 5.42. The normalized spacial score (nSPS) is 20.4. The van der Waals surface area contributed by atoms with Crippen molar-refractivity contribution < 1.29 is 14.3 Å². The van der Waals surface area contributed by atoms with E-state index in [9.17, 15) is 9.59 Å². The highest BCUT2D eigenvalue weighted by Crippen LogP contribution is 2.28. The Balaban J connectivity index is 0.00000312. The Labute approximate surface area is 157 Å². The van der Waals surface area contributed by atoms with Crippen molar-refractivity contribution in [3.63, 3.8) is 0 Å². The SMILES string of the molecule is COCC1(CNC(=O)CNC(=O)CC2CCCCC2)CCNCC1.Cl. The van der Waals surface area contributed by atoms with Gasteiger partial charge in [0, 0.05) is 25.5 Å². The van der Waals surface area contributed by atoms with E-state index >= 15 is 0 Å². The van der Waals surface area contributed by atoms with Crippen molar-refractivity contribution in [3.8, 4) is 0 Å². The highest BCUT2D eigenvalue weighted by molar-refractivity contribution is 5.85. The van der Waals surface area contributed by atoms with Gasteiger partial charge in [-0.25, -0.2) is 0 Å². The van der Waals surface area contributed by atoms with E-state index in [-0.39, 0.29) is 36.2 Å². The van der Waals surface area contributed by atoms with E-state index < -0.39 is 0 Å². The summed E-state index contributed by atoms with van der Waals surface area (Å²) >= 11 is 0. The zero-order valence-electron chi connectivity index (χ0n) is 15.4. The van der Waals surface area contributed by atoms with Crippen molar-refractivity contribution >= 4 is 24.2 Å². The van der Waals surface area contributed by atoms with Gasteiger partial charge in [-0.2, -0.15) is 0 Å². The minimum absolute atomic E-state index is 0. The molecule has 1 saturated heterocycles. The maximum atomic E-state index is 12.0. The van der Waals surface area contributed by atoms with Crippen molar-refractivity contribution in [1.29, 1.82) is 0 Å². The van der Waals surface area contributed by atoms with Crippen LogP contribution in [0.2, 0.25) is 0 Å². The fourth-order valence-electron chi connectivity index (χ4n) is 3.89. The number of hydrogen-bond acceptors (Lipinski definition) is 4. The second-order valence-corrected chi connectivity index (χ2v) is 7.44. The average molecular weight is 376 g/mol. The molecule has 1 aliphatic heterocycles. The van der Waals surface area contributed by atoms with Gasteiger partial charge < -0.3 is 20.7 Å². The number of carbonyl (C=O) groups is 2. The van der Waals surface area contributed by atoms with Crippen LogP contribution in [0.15, 0.2) is 0 Å². The van der Waals surface area contributed by atoms with Crippen LogP contribution >= 0.6 is 12.4 Å². The molecule has 0 aromatic rings. The quantitative estimate of drug-likeness (QED) is 0.602. The maximum Gasteiger partial charge on any atom is 0.239 e. The van der Waals surface area contributed by atoms with Crippen molar-refractivity contribution in [3.05, 3.63) is 0 Å². The molecule has 6 nitrogen and oxygen atoms in total. The van der Waals surface area contributed by atoms with Gasteiger partial charge in [-0.15, -0.1) is 12.4 Å². The van der Waals surface area contributed by atoms with Crippen LogP contribution in [0.25, 0.3) is 0 Å². The third kappa shape index (κ3) is 7.92. The van der Waals surface area contributed by atoms with Crippen molar-refractivity contribution in [1.82, 2.24) is 16.0 Å². The zero-order valence-corrected chi connectivity index (χ0v) is 16.2.